The number of piperidine rings is 1. The first-order valence-electron chi connectivity index (χ1n) is 8.20. The Balaban J connectivity index is 1.60. The fraction of sp³-hybridized carbons (Fsp3) is 0.750. The fourth-order valence-corrected chi connectivity index (χ4v) is 4.61. The summed E-state index contributed by atoms with van der Waals surface area (Å²) in [6, 6.07) is 0.506. The van der Waals surface area contributed by atoms with Gasteiger partial charge in [0.25, 0.3) is 0 Å². The molecule has 3 atom stereocenters. The quantitative estimate of drug-likeness (QED) is 0.901. The predicted octanol–water partition coefficient (Wildman–Crippen LogP) is 3.26. The number of hydrogen-bond donors (Lipinski definition) is 2. The van der Waals surface area contributed by atoms with Crippen LogP contribution in [0, 0.1) is 12.8 Å². The second kappa shape index (κ2) is 6.44. The van der Waals surface area contributed by atoms with Gasteiger partial charge in [0.1, 0.15) is 0 Å². The summed E-state index contributed by atoms with van der Waals surface area (Å²) in [5.74, 6) is 0.882. The Kier molecular flexibility index (Phi) is 4.60. The topological polar surface area (TPSA) is 54.0 Å². The number of rotatable bonds is 3. The highest BCUT2D eigenvalue weighted by Gasteiger charge is 2.34. The third-order valence-electron chi connectivity index (χ3n) is 4.92. The van der Waals surface area contributed by atoms with Gasteiger partial charge >= 0.3 is 0 Å². The second-order valence-electron chi connectivity index (χ2n) is 6.31. The standard InChI is InChI=1S/C16H25N3OS/c1-3-12-10(2)21-16(18-12)19-15(20)14-9-8-11-6-4-5-7-13(11)17-14/h11,13-14,17H,3-9H2,1-2H3,(H,18,19,20). The number of carbonyl (C=O) groups is 1. The Morgan fingerprint density at radius 1 is 1.33 bits per heavy atom. The molecule has 1 saturated carbocycles. The maximum absolute atomic E-state index is 12.4. The van der Waals surface area contributed by atoms with Crippen LogP contribution in [0.25, 0.3) is 0 Å². The zero-order valence-electron chi connectivity index (χ0n) is 12.9. The lowest BCUT2D eigenvalue weighted by Crippen LogP contribution is -2.53. The van der Waals surface area contributed by atoms with Crippen molar-refractivity contribution in [2.24, 2.45) is 5.92 Å². The van der Waals surface area contributed by atoms with Gasteiger partial charge in [0.15, 0.2) is 5.13 Å². The third-order valence-corrected chi connectivity index (χ3v) is 5.85. The van der Waals surface area contributed by atoms with Crippen molar-refractivity contribution in [1.29, 1.82) is 0 Å². The Bertz CT molecular complexity index is 514. The van der Waals surface area contributed by atoms with Crippen LogP contribution in [0.1, 0.15) is 56.0 Å². The number of nitrogens with one attached hydrogen (secondary N) is 2. The molecule has 3 rings (SSSR count). The summed E-state index contributed by atoms with van der Waals surface area (Å²) in [5.41, 5.74) is 1.10. The van der Waals surface area contributed by atoms with E-state index in [1.54, 1.807) is 11.3 Å². The van der Waals surface area contributed by atoms with Gasteiger partial charge in [-0.3, -0.25) is 4.79 Å². The second-order valence-corrected chi connectivity index (χ2v) is 7.52. The number of carbonyl (C=O) groups excluding carboxylic acids is 1. The highest BCUT2D eigenvalue weighted by molar-refractivity contribution is 7.15. The van der Waals surface area contributed by atoms with E-state index >= 15 is 0 Å². The van der Waals surface area contributed by atoms with Crippen molar-refractivity contribution < 1.29 is 4.79 Å². The van der Waals surface area contributed by atoms with E-state index in [9.17, 15) is 4.79 Å². The minimum absolute atomic E-state index is 0.0429. The Hall–Kier alpha value is -0.940. The molecular formula is C16H25N3OS. The summed E-state index contributed by atoms with van der Waals surface area (Å²) >= 11 is 1.58. The van der Waals surface area contributed by atoms with Crippen LogP contribution in [-0.2, 0) is 11.2 Å². The number of aromatic nitrogens is 1. The number of fused-ring (bicyclic) bond motifs is 1. The molecular weight excluding hydrogens is 282 g/mol. The molecule has 21 heavy (non-hydrogen) atoms. The van der Waals surface area contributed by atoms with Crippen molar-refractivity contribution >= 4 is 22.4 Å². The summed E-state index contributed by atoms with van der Waals surface area (Å²) in [6.45, 7) is 4.16. The maximum Gasteiger partial charge on any atom is 0.243 e. The summed E-state index contributed by atoms with van der Waals surface area (Å²) in [4.78, 5) is 18.2. The first-order valence-corrected chi connectivity index (χ1v) is 9.02. The molecule has 1 aromatic heterocycles. The van der Waals surface area contributed by atoms with E-state index in [1.807, 2.05) is 0 Å². The summed E-state index contributed by atoms with van der Waals surface area (Å²) in [5, 5.41) is 7.34. The summed E-state index contributed by atoms with van der Waals surface area (Å²) < 4.78 is 0. The molecule has 5 heteroatoms. The first kappa shape index (κ1) is 15.0. The van der Waals surface area contributed by atoms with Crippen LogP contribution in [0.4, 0.5) is 5.13 Å². The summed E-state index contributed by atoms with van der Waals surface area (Å²) in [7, 11) is 0. The molecule has 2 heterocycles. The monoisotopic (exact) mass is 307 g/mol. The molecule has 3 unspecified atom stereocenters. The van der Waals surface area contributed by atoms with Crippen LogP contribution in [-0.4, -0.2) is 23.0 Å². The highest BCUT2D eigenvalue weighted by Crippen LogP contribution is 2.32. The van der Waals surface area contributed by atoms with E-state index in [2.05, 4.69) is 29.5 Å². The predicted molar refractivity (Wildman–Crippen MR) is 86.8 cm³/mol. The number of thiazole rings is 1. The van der Waals surface area contributed by atoms with Crippen LogP contribution >= 0.6 is 11.3 Å². The molecule has 0 bridgehead atoms. The van der Waals surface area contributed by atoms with E-state index in [-0.39, 0.29) is 11.9 Å². The minimum Gasteiger partial charge on any atom is -0.303 e. The molecule has 2 aliphatic rings. The Labute approximate surface area is 130 Å². The molecule has 1 aliphatic heterocycles. The Morgan fingerprint density at radius 2 is 2.14 bits per heavy atom. The lowest BCUT2D eigenvalue weighted by atomic mass is 9.77. The van der Waals surface area contributed by atoms with Crippen molar-refractivity contribution in [3.63, 3.8) is 0 Å². The van der Waals surface area contributed by atoms with E-state index < -0.39 is 0 Å². The maximum atomic E-state index is 12.4. The normalized spacial score (nSPS) is 29.0. The van der Waals surface area contributed by atoms with Crippen LogP contribution in [0.15, 0.2) is 0 Å². The third kappa shape index (κ3) is 3.29. The van der Waals surface area contributed by atoms with Crippen LogP contribution < -0.4 is 10.6 Å². The zero-order valence-corrected chi connectivity index (χ0v) is 13.8. The molecule has 4 nitrogen and oxygen atoms in total. The van der Waals surface area contributed by atoms with Gasteiger partial charge in [-0.1, -0.05) is 19.8 Å². The van der Waals surface area contributed by atoms with Crippen molar-refractivity contribution in [1.82, 2.24) is 10.3 Å². The average Bonchev–Trinajstić information content (AvgIpc) is 2.86. The van der Waals surface area contributed by atoms with Gasteiger partial charge in [0.05, 0.1) is 11.7 Å². The minimum atomic E-state index is -0.0429. The molecule has 0 aromatic carbocycles. The smallest absolute Gasteiger partial charge is 0.243 e. The van der Waals surface area contributed by atoms with Crippen molar-refractivity contribution in [2.75, 3.05) is 5.32 Å². The largest absolute Gasteiger partial charge is 0.303 e. The Morgan fingerprint density at radius 3 is 2.90 bits per heavy atom. The first-order chi connectivity index (χ1) is 10.2. The summed E-state index contributed by atoms with van der Waals surface area (Å²) in [6.07, 6.45) is 8.28. The van der Waals surface area contributed by atoms with Gasteiger partial charge in [-0.15, -0.1) is 11.3 Å². The molecule has 2 N–H and O–H groups in total. The molecule has 116 valence electrons. The highest BCUT2D eigenvalue weighted by atomic mass is 32.1. The van der Waals surface area contributed by atoms with Crippen molar-refractivity contribution in [3.8, 4) is 0 Å². The molecule has 2 fully saturated rings. The number of hydrogen-bond acceptors (Lipinski definition) is 4. The number of nitrogens with zero attached hydrogens (tertiary/aromatic N) is 1. The van der Waals surface area contributed by atoms with E-state index in [1.165, 1.54) is 37.0 Å². The molecule has 1 amide bonds. The number of aryl methyl sites for hydroxylation is 2. The lowest BCUT2D eigenvalue weighted by Gasteiger charge is -2.39. The van der Waals surface area contributed by atoms with Gasteiger partial charge in [-0.25, -0.2) is 4.98 Å². The van der Waals surface area contributed by atoms with Gasteiger partial charge in [-0.2, -0.15) is 0 Å². The number of amides is 1. The van der Waals surface area contributed by atoms with Gasteiger partial charge < -0.3 is 10.6 Å². The molecule has 0 spiro atoms. The molecule has 1 aliphatic carbocycles. The molecule has 0 radical (unpaired) electrons. The van der Waals surface area contributed by atoms with Gasteiger partial charge in [0, 0.05) is 10.9 Å². The van der Waals surface area contributed by atoms with Crippen molar-refractivity contribution in [2.45, 2.75) is 70.9 Å². The zero-order chi connectivity index (χ0) is 14.8. The van der Waals surface area contributed by atoms with Crippen molar-refractivity contribution in [3.05, 3.63) is 10.6 Å². The van der Waals surface area contributed by atoms with E-state index in [0.29, 0.717) is 6.04 Å². The number of anilines is 1. The van der Waals surface area contributed by atoms with Crippen LogP contribution in [0.3, 0.4) is 0 Å². The van der Waals surface area contributed by atoms with Crippen LogP contribution in [0.5, 0.6) is 0 Å². The average molecular weight is 307 g/mol. The van der Waals surface area contributed by atoms with Crippen LogP contribution in [0.2, 0.25) is 0 Å². The molecule has 1 aromatic rings. The lowest BCUT2D eigenvalue weighted by molar-refractivity contribution is -0.119. The molecule has 1 saturated heterocycles. The fourth-order valence-electron chi connectivity index (χ4n) is 3.70. The van der Waals surface area contributed by atoms with Gasteiger partial charge in [-0.05, 0) is 44.9 Å². The van der Waals surface area contributed by atoms with Gasteiger partial charge in [0.2, 0.25) is 5.91 Å². The SMILES string of the molecule is CCc1nc(NC(=O)C2CCC3CCCCC3N2)sc1C. The van der Waals surface area contributed by atoms with E-state index in [4.69, 9.17) is 0 Å². The van der Waals surface area contributed by atoms with E-state index in [0.717, 1.165) is 29.6 Å².